The molecule has 0 aliphatic carbocycles. The zero-order valence-electron chi connectivity index (χ0n) is 13.7. The molecule has 2 aromatic carbocycles. The van der Waals surface area contributed by atoms with E-state index in [2.05, 4.69) is 5.11 Å². The highest BCUT2D eigenvalue weighted by Crippen LogP contribution is 2.29. The molecule has 0 saturated carbocycles. The van der Waals surface area contributed by atoms with Crippen LogP contribution in [0.25, 0.3) is 0 Å². The van der Waals surface area contributed by atoms with Crippen LogP contribution in [0.5, 0.6) is 0 Å². The van der Waals surface area contributed by atoms with Crippen molar-refractivity contribution in [2.75, 3.05) is 0 Å². The fourth-order valence-electron chi connectivity index (χ4n) is 2.61. The molecule has 6 heteroatoms. The Morgan fingerprint density at radius 2 is 1.69 bits per heavy atom. The van der Waals surface area contributed by atoms with E-state index in [0.29, 0.717) is 12.0 Å². The molecule has 1 atom stereocenters. The summed E-state index contributed by atoms with van der Waals surface area (Å²) in [4.78, 5) is 12.3. The molecule has 0 aromatic heterocycles. The third-order valence-electron chi connectivity index (χ3n) is 3.98. The number of amides is 1. The summed E-state index contributed by atoms with van der Waals surface area (Å²) in [6, 6.07) is 13.5. The topological polar surface area (TPSA) is 32.4 Å². The lowest BCUT2D eigenvalue weighted by molar-refractivity contribution is -0.551. The van der Waals surface area contributed by atoms with Crippen LogP contribution in [0.1, 0.15) is 21.5 Å². The second-order valence-electron chi connectivity index (χ2n) is 5.84. The van der Waals surface area contributed by atoms with Gasteiger partial charge in [0.2, 0.25) is 6.04 Å². The molecule has 3 nitrogen and oxygen atoms in total. The van der Waals surface area contributed by atoms with Crippen molar-refractivity contribution in [2.45, 2.75) is 18.6 Å². The largest absolute Gasteiger partial charge is 0.416 e. The Kier molecular flexibility index (Phi) is 5.11. The van der Waals surface area contributed by atoms with E-state index in [1.165, 1.54) is 16.8 Å². The van der Waals surface area contributed by atoms with Crippen LogP contribution in [0.3, 0.4) is 0 Å². The van der Waals surface area contributed by atoms with Gasteiger partial charge in [-0.05, 0) is 35.9 Å². The van der Waals surface area contributed by atoms with Crippen molar-refractivity contribution in [3.63, 3.8) is 0 Å². The van der Waals surface area contributed by atoms with Crippen molar-refractivity contribution in [3.8, 4) is 0 Å². The summed E-state index contributed by atoms with van der Waals surface area (Å²) in [6.45, 7) is 0. The zero-order chi connectivity index (χ0) is 18.6. The number of allylic oxidation sites excluding steroid dienone is 2. The number of carbonyl (C=O) groups excluding carboxylic acids is 1. The smallest absolute Gasteiger partial charge is 0.260 e. The SMILES string of the molecule is O=C(N=[N+]1C=CC=CC1Cc1ccc(C(F)(F)F)cc1)c1ccccc1. The van der Waals surface area contributed by atoms with Gasteiger partial charge in [0.25, 0.3) is 0 Å². The molecule has 0 spiro atoms. The van der Waals surface area contributed by atoms with Gasteiger partial charge in [0, 0.05) is 23.2 Å². The van der Waals surface area contributed by atoms with E-state index in [9.17, 15) is 18.0 Å². The lowest BCUT2D eigenvalue weighted by Gasteiger charge is -2.11. The third-order valence-corrected chi connectivity index (χ3v) is 3.98. The average Bonchev–Trinajstić information content (AvgIpc) is 2.64. The van der Waals surface area contributed by atoms with Crippen LogP contribution in [0.2, 0.25) is 0 Å². The minimum absolute atomic E-state index is 0.246. The number of alkyl halides is 3. The van der Waals surface area contributed by atoms with Crippen LogP contribution in [0, 0.1) is 0 Å². The van der Waals surface area contributed by atoms with Gasteiger partial charge in [-0.1, -0.05) is 41.1 Å². The van der Waals surface area contributed by atoms with E-state index in [0.717, 1.165) is 17.7 Å². The van der Waals surface area contributed by atoms with Crippen LogP contribution >= 0.6 is 0 Å². The summed E-state index contributed by atoms with van der Waals surface area (Å²) in [6.07, 6.45) is 3.20. The lowest BCUT2D eigenvalue weighted by atomic mass is 10.0. The highest BCUT2D eigenvalue weighted by molar-refractivity contribution is 5.94. The molecule has 132 valence electrons. The molecule has 1 heterocycles. The highest BCUT2D eigenvalue weighted by Gasteiger charge is 2.30. The van der Waals surface area contributed by atoms with Gasteiger partial charge in [0.1, 0.15) is 0 Å². The summed E-state index contributed by atoms with van der Waals surface area (Å²) >= 11 is 0. The Balaban J connectivity index is 1.78. The van der Waals surface area contributed by atoms with E-state index < -0.39 is 11.7 Å². The van der Waals surface area contributed by atoms with Crippen LogP contribution in [-0.2, 0) is 12.6 Å². The van der Waals surface area contributed by atoms with E-state index >= 15 is 0 Å². The Bertz CT molecular complexity index is 866. The summed E-state index contributed by atoms with van der Waals surface area (Å²) in [5, 5.41) is 4.12. The number of hydrogen-bond acceptors (Lipinski definition) is 1. The summed E-state index contributed by atoms with van der Waals surface area (Å²) in [5.74, 6) is -0.372. The molecular formula is C20H16F3N2O+. The molecule has 1 unspecified atom stereocenters. The first-order chi connectivity index (χ1) is 12.4. The maximum Gasteiger partial charge on any atom is 0.416 e. The minimum Gasteiger partial charge on any atom is -0.260 e. The van der Waals surface area contributed by atoms with Crippen LogP contribution in [-0.4, -0.2) is 16.6 Å². The summed E-state index contributed by atoms with van der Waals surface area (Å²) in [7, 11) is 0. The monoisotopic (exact) mass is 357 g/mol. The fourth-order valence-corrected chi connectivity index (χ4v) is 2.61. The molecule has 0 radical (unpaired) electrons. The Labute approximate surface area is 148 Å². The molecule has 3 rings (SSSR count). The molecule has 2 aromatic rings. The second kappa shape index (κ2) is 7.47. The lowest BCUT2D eigenvalue weighted by Crippen LogP contribution is -2.24. The number of carbonyl (C=O) groups is 1. The van der Waals surface area contributed by atoms with Crippen LogP contribution < -0.4 is 0 Å². The fraction of sp³-hybridized carbons (Fsp3) is 0.150. The normalized spacial score (nSPS) is 18.3. The van der Waals surface area contributed by atoms with Crippen molar-refractivity contribution in [1.29, 1.82) is 0 Å². The molecule has 0 bridgehead atoms. The predicted octanol–water partition coefficient (Wildman–Crippen LogP) is 5.01. The summed E-state index contributed by atoms with van der Waals surface area (Å²) < 4.78 is 39.5. The Hall–Kier alpha value is -3.02. The molecule has 0 saturated heterocycles. The van der Waals surface area contributed by atoms with Gasteiger partial charge in [0.05, 0.1) is 5.56 Å². The first-order valence-corrected chi connectivity index (χ1v) is 8.04. The van der Waals surface area contributed by atoms with Crippen LogP contribution in [0.15, 0.2) is 84.1 Å². The van der Waals surface area contributed by atoms with E-state index in [-0.39, 0.29) is 11.9 Å². The zero-order valence-corrected chi connectivity index (χ0v) is 13.7. The van der Waals surface area contributed by atoms with E-state index in [1.807, 2.05) is 18.2 Å². The Morgan fingerprint density at radius 1 is 1.00 bits per heavy atom. The van der Waals surface area contributed by atoms with Gasteiger partial charge in [-0.15, -0.1) is 0 Å². The van der Waals surface area contributed by atoms with Crippen molar-refractivity contribution in [1.82, 2.24) is 0 Å². The minimum atomic E-state index is -4.35. The van der Waals surface area contributed by atoms with Crippen molar-refractivity contribution in [3.05, 3.63) is 95.7 Å². The maximum atomic E-state index is 12.7. The first kappa shape index (κ1) is 17.8. The van der Waals surface area contributed by atoms with Crippen molar-refractivity contribution >= 4 is 5.91 Å². The second-order valence-corrected chi connectivity index (χ2v) is 5.84. The number of rotatable bonds is 3. The highest BCUT2D eigenvalue weighted by atomic mass is 19.4. The maximum absolute atomic E-state index is 12.7. The number of azo groups is 2. The number of benzene rings is 2. The molecule has 0 N–H and O–H groups in total. The van der Waals surface area contributed by atoms with Gasteiger partial charge in [-0.25, -0.2) is 0 Å². The van der Waals surface area contributed by atoms with E-state index in [4.69, 9.17) is 0 Å². The molecule has 0 fully saturated rings. The first-order valence-electron chi connectivity index (χ1n) is 8.04. The van der Waals surface area contributed by atoms with Gasteiger partial charge < -0.3 is 0 Å². The van der Waals surface area contributed by atoms with Gasteiger partial charge in [-0.3, -0.25) is 4.79 Å². The Morgan fingerprint density at radius 3 is 2.35 bits per heavy atom. The van der Waals surface area contributed by atoms with Gasteiger partial charge in [-0.2, -0.15) is 13.2 Å². The van der Waals surface area contributed by atoms with Crippen molar-refractivity contribution in [2.24, 2.45) is 5.11 Å². The van der Waals surface area contributed by atoms with E-state index in [1.54, 1.807) is 36.5 Å². The molecule has 1 aliphatic heterocycles. The molecule has 1 aliphatic rings. The number of hydrogen-bond donors (Lipinski definition) is 0. The summed E-state index contributed by atoms with van der Waals surface area (Å²) in [5.41, 5.74) is 0.528. The van der Waals surface area contributed by atoms with Crippen LogP contribution in [0.4, 0.5) is 13.2 Å². The average molecular weight is 357 g/mol. The number of halogens is 3. The predicted molar refractivity (Wildman–Crippen MR) is 90.7 cm³/mol. The third kappa shape index (κ3) is 4.33. The van der Waals surface area contributed by atoms with Gasteiger partial charge in [0.15, 0.2) is 6.20 Å². The molecule has 26 heavy (non-hydrogen) atoms. The van der Waals surface area contributed by atoms with Gasteiger partial charge >= 0.3 is 12.1 Å². The molecular weight excluding hydrogens is 341 g/mol. The number of nitrogens with zero attached hydrogens (tertiary/aromatic N) is 2. The quantitative estimate of drug-likeness (QED) is 0.711. The standard InChI is InChI=1S/C20H16F3N2O/c21-20(22,23)17-11-9-15(10-12-17)14-18-8-4-5-13-25(18)24-19(26)16-6-2-1-3-7-16/h1-13,18H,14H2/q+1. The molecule has 1 amide bonds. The van der Waals surface area contributed by atoms with Crippen molar-refractivity contribution < 1.29 is 22.7 Å².